The molecule has 0 unspecified atom stereocenters. The zero-order chi connectivity index (χ0) is 15.4. The van der Waals surface area contributed by atoms with E-state index in [1.165, 1.54) is 24.3 Å². The Kier molecular flexibility index (Phi) is 5.09. The fraction of sp³-hybridized carbons (Fsp3) is 0.0667. The second kappa shape index (κ2) is 6.83. The molecular weight excluding hydrogens is 361 g/mol. The number of ketones is 1. The van der Waals surface area contributed by atoms with Gasteiger partial charge in [-0.15, -0.1) is 0 Å². The van der Waals surface area contributed by atoms with Gasteiger partial charge in [-0.2, -0.15) is 0 Å². The first-order valence-electron chi connectivity index (χ1n) is 5.99. The number of benzene rings is 2. The van der Waals surface area contributed by atoms with Gasteiger partial charge in [0.05, 0.1) is 11.6 Å². The molecule has 6 heteroatoms. The summed E-state index contributed by atoms with van der Waals surface area (Å²) in [6.45, 7) is -0.162. The van der Waals surface area contributed by atoms with E-state index in [1.807, 2.05) is 0 Å². The average Bonchev–Trinajstić information content (AvgIpc) is 2.48. The molecule has 108 valence electrons. The minimum Gasteiger partial charge on any atom is -0.345 e. The summed E-state index contributed by atoms with van der Waals surface area (Å²) in [5, 5.41) is 3.01. The summed E-state index contributed by atoms with van der Waals surface area (Å²) in [6, 6.07) is 9.87. The molecule has 0 spiro atoms. The lowest BCUT2D eigenvalue weighted by Crippen LogP contribution is -2.29. The van der Waals surface area contributed by atoms with Gasteiger partial charge < -0.3 is 5.32 Å². The lowest BCUT2D eigenvalue weighted by molar-refractivity contribution is 0.0904. The molecule has 21 heavy (non-hydrogen) atoms. The van der Waals surface area contributed by atoms with Crippen molar-refractivity contribution in [2.24, 2.45) is 0 Å². The van der Waals surface area contributed by atoms with Crippen LogP contribution in [0.4, 0.5) is 4.39 Å². The van der Waals surface area contributed by atoms with E-state index in [0.717, 1.165) is 0 Å². The molecule has 0 aliphatic rings. The van der Waals surface area contributed by atoms with Crippen molar-refractivity contribution in [1.29, 1.82) is 0 Å². The van der Waals surface area contributed by atoms with Gasteiger partial charge in [0.15, 0.2) is 5.78 Å². The van der Waals surface area contributed by atoms with Gasteiger partial charge in [0.2, 0.25) is 0 Å². The first-order chi connectivity index (χ1) is 9.97. The van der Waals surface area contributed by atoms with Gasteiger partial charge in [-0.05, 0) is 58.4 Å². The second-order valence-electron chi connectivity index (χ2n) is 4.24. The summed E-state index contributed by atoms with van der Waals surface area (Å²) in [4.78, 5) is 23.8. The number of hydrogen-bond donors (Lipinski definition) is 1. The molecule has 0 aliphatic carbocycles. The van der Waals surface area contributed by atoms with Crippen LogP contribution in [0.15, 0.2) is 46.9 Å². The Labute approximate surface area is 134 Å². The number of nitrogens with one attached hydrogen (secondary N) is 1. The van der Waals surface area contributed by atoms with Crippen molar-refractivity contribution in [3.63, 3.8) is 0 Å². The van der Waals surface area contributed by atoms with Crippen molar-refractivity contribution in [3.8, 4) is 0 Å². The largest absolute Gasteiger partial charge is 0.345 e. The van der Waals surface area contributed by atoms with Gasteiger partial charge >= 0.3 is 0 Å². The molecule has 1 amide bonds. The molecule has 2 aromatic carbocycles. The maximum absolute atomic E-state index is 12.8. The Bertz CT molecular complexity index is 689. The number of halogens is 3. The highest BCUT2D eigenvalue weighted by molar-refractivity contribution is 9.10. The third-order valence-electron chi connectivity index (χ3n) is 2.76. The van der Waals surface area contributed by atoms with Crippen LogP contribution in [0.2, 0.25) is 5.02 Å². The highest BCUT2D eigenvalue weighted by Crippen LogP contribution is 2.23. The van der Waals surface area contributed by atoms with E-state index in [0.29, 0.717) is 20.6 Å². The predicted molar refractivity (Wildman–Crippen MR) is 82.2 cm³/mol. The summed E-state index contributed by atoms with van der Waals surface area (Å²) in [7, 11) is 0. The van der Waals surface area contributed by atoms with Gasteiger partial charge in [-0.25, -0.2) is 4.39 Å². The van der Waals surface area contributed by atoms with Gasteiger partial charge in [-0.1, -0.05) is 11.6 Å². The summed E-state index contributed by atoms with van der Waals surface area (Å²) < 4.78 is 13.4. The molecular formula is C15H10BrClFNO2. The van der Waals surface area contributed by atoms with Crippen molar-refractivity contribution in [3.05, 3.63) is 68.9 Å². The number of hydrogen-bond acceptors (Lipinski definition) is 2. The zero-order valence-corrected chi connectivity index (χ0v) is 13.0. The monoisotopic (exact) mass is 369 g/mol. The molecule has 0 saturated carbocycles. The van der Waals surface area contributed by atoms with Gasteiger partial charge in [0.25, 0.3) is 5.91 Å². The van der Waals surface area contributed by atoms with Crippen molar-refractivity contribution < 1.29 is 14.0 Å². The first-order valence-corrected chi connectivity index (χ1v) is 7.16. The average molecular weight is 371 g/mol. The van der Waals surface area contributed by atoms with Crippen molar-refractivity contribution >= 4 is 39.2 Å². The van der Waals surface area contributed by atoms with Crippen LogP contribution in [0.5, 0.6) is 0 Å². The summed E-state index contributed by atoms with van der Waals surface area (Å²) in [5.41, 5.74) is 0.729. The quantitative estimate of drug-likeness (QED) is 0.831. The van der Waals surface area contributed by atoms with Crippen LogP contribution < -0.4 is 5.32 Å². The van der Waals surface area contributed by atoms with Crippen LogP contribution >= 0.6 is 27.5 Å². The molecule has 0 bridgehead atoms. The number of rotatable bonds is 4. The molecule has 2 rings (SSSR count). The third kappa shape index (κ3) is 4.12. The number of Topliss-reactive ketones (excluding diaryl/α,β-unsaturated/α-hetero) is 1. The Balaban J connectivity index is 1.98. The minimum atomic E-state index is -0.415. The number of carbonyl (C=O) groups excluding carboxylic acids is 2. The van der Waals surface area contributed by atoms with E-state index in [2.05, 4.69) is 21.2 Å². The Morgan fingerprint density at radius 1 is 1.10 bits per heavy atom. The van der Waals surface area contributed by atoms with E-state index in [4.69, 9.17) is 11.6 Å². The molecule has 0 radical (unpaired) electrons. The molecule has 1 N–H and O–H groups in total. The third-order valence-corrected chi connectivity index (χ3v) is 3.97. The fourth-order valence-electron chi connectivity index (χ4n) is 1.64. The van der Waals surface area contributed by atoms with Gasteiger partial charge in [0, 0.05) is 15.6 Å². The van der Waals surface area contributed by atoms with Crippen LogP contribution in [-0.4, -0.2) is 18.2 Å². The highest BCUT2D eigenvalue weighted by Gasteiger charge is 2.11. The summed E-state index contributed by atoms with van der Waals surface area (Å²) in [6.07, 6.45) is 0. The van der Waals surface area contributed by atoms with E-state index >= 15 is 0 Å². The predicted octanol–water partition coefficient (Wildman–Crippen LogP) is 3.85. The molecule has 0 aliphatic heterocycles. The maximum Gasteiger partial charge on any atom is 0.251 e. The van der Waals surface area contributed by atoms with Crippen LogP contribution in [0.3, 0.4) is 0 Å². The SMILES string of the molecule is O=C(CNC(=O)c1ccc(Cl)c(Br)c1)c1ccc(F)cc1. The van der Waals surface area contributed by atoms with Crippen molar-refractivity contribution in [2.45, 2.75) is 0 Å². The molecule has 0 heterocycles. The Morgan fingerprint density at radius 2 is 1.71 bits per heavy atom. The Hall–Kier alpha value is -1.72. The van der Waals surface area contributed by atoms with Crippen molar-refractivity contribution in [1.82, 2.24) is 5.32 Å². The lowest BCUT2D eigenvalue weighted by Gasteiger charge is -2.06. The van der Waals surface area contributed by atoms with E-state index < -0.39 is 5.82 Å². The van der Waals surface area contributed by atoms with Gasteiger partial charge in [-0.3, -0.25) is 9.59 Å². The standard InChI is InChI=1S/C15H10BrClFNO2/c16-12-7-10(3-6-13(12)17)15(21)19-8-14(20)9-1-4-11(18)5-2-9/h1-7H,8H2,(H,19,21). The number of amides is 1. The lowest BCUT2D eigenvalue weighted by atomic mass is 10.1. The smallest absolute Gasteiger partial charge is 0.251 e. The summed E-state index contributed by atoms with van der Waals surface area (Å²) >= 11 is 9.07. The number of carbonyl (C=O) groups is 2. The highest BCUT2D eigenvalue weighted by atomic mass is 79.9. The van der Waals surface area contributed by atoms with Gasteiger partial charge in [0.1, 0.15) is 5.82 Å². The van der Waals surface area contributed by atoms with Crippen LogP contribution in [0.25, 0.3) is 0 Å². The molecule has 2 aromatic rings. The molecule has 3 nitrogen and oxygen atoms in total. The molecule has 0 aromatic heterocycles. The normalized spacial score (nSPS) is 10.2. The zero-order valence-electron chi connectivity index (χ0n) is 10.7. The molecule has 0 fully saturated rings. The fourth-order valence-corrected chi connectivity index (χ4v) is 2.13. The topological polar surface area (TPSA) is 46.2 Å². The van der Waals surface area contributed by atoms with E-state index in [1.54, 1.807) is 18.2 Å². The maximum atomic E-state index is 12.8. The minimum absolute atomic E-state index is 0.162. The van der Waals surface area contributed by atoms with Crippen LogP contribution in [0, 0.1) is 5.82 Å². The Morgan fingerprint density at radius 3 is 2.33 bits per heavy atom. The second-order valence-corrected chi connectivity index (χ2v) is 5.50. The van der Waals surface area contributed by atoms with Crippen molar-refractivity contribution in [2.75, 3.05) is 6.54 Å². The molecule has 0 saturated heterocycles. The summed E-state index contributed by atoms with van der Waals surface area (Å²) in [5.74, 6) is -1.10. The molecule has 0 atom stereocenters. The first kappa shape index (κ1) is 15.7. The van der Waals surface area contributed by atoms with E-state index in [-0.39, 0.29) is 18.2 Å². The van der Waals surface area contributed by atoms with Crippen LogP contribution in [-0.2, 0) is 0 Å². The van der Waals surface area contributed by atoms with E-state index in [9.17, 15) is 14.0 Å². The van der Waals surface area contributed by atoms with Crippen LogP contribution in [0.1, 0.15) is 20.7 Å².